The number of fused-ring (bicyclic) bond motifs is 1. The topological polar surface area (TPSA) is 84.0 Å². The number of carbonyl (C=O) groups is 4. The highest BCUT2D eigenvalue weighted by atomic mass is 16.5. The monoisotopic (exact) mass is 408 g/mol. The average Bonchev–Trinajstić information content (AvgIpc) is 2.98. The van der Waals surface area contributed by atoms with E-state index < -0.39 is 30.4 Å². The van der Waals surface area contributed by atoms with E-state index in [1.165, 1.54) is 4.90 Å². The molecule has 1 unspecified atom stereocenters. The zero-order valence-corrected chi connectivity index (χ0v) is 17.2. The van der Waals surface area contributed by atoms with Crippen LogP contribution in [0.15, 0.2) is 54.6 Å². The van der Waals surface area contributed by atoms with Gasteiger partial charge in [0.2, 0.25) is 0 Å². The fourth-order valence-corrected chi connectivity index (χ4v) is 3.41. The third-order valence-corrected chi connectivity index (χ3v) is 5.00. The second kappa shape index (κ2) is 8.90. The number of hydrogen-bond acceptors (Lipinski definition) is 5. The molecule has 0 fully saturated rings. The van der Waals surface area contributed by atoms with Gasteiger partial charge in [-0.1, -0.05) is 56.3 Å². The summed E-state index contributed by atoms with van der Waals surface area (Å²) in [4.78, 5) is 53.0. The van der Waals surface area contributed by atoms with E-state index in [2.05, 4.69) is 0 Å². The van der Waals surface area contributed by atoms with Crippen LogP contribution in [0.2, 0.25) is 0 Å². The number of imide groups is 1. The zero-order valence-electron chi connectivity index (χ0n) is 17.2. The van der Waals surface area contributed by atoms with Gasteiger partial charge in [-0.05, 0) is 23.6 Å². The summed E-state index contributed by atoms with van der Waals surface area (Å²) < 4.78 is 5.22. The molecule has 7 heteroatoms. The van der Waals surface area contributed by atoms with Crippen LogP contribution in [0.5, 0.6) is 0 Å². The first kappa shape index (κ1) is 21.2. The van der Waals surface area contributed by atoms with Crippen molar-refractivity contribution < 1.29 is 23.9 Å². The van der Waals surface area contributed by atoms with Crippen LogP contribution in [0.25, 0.3) is 0 Å². The van der Waals surface area contributed by atoms with Crippen molar-refractivity contribution in [1.29, 1.82) is 0 Å². The quantitative estimate of drug-likeness (QED) is 0.519. The number of likely N-dealkylation sites (N-methyl/N-ethyl adjacent to an activating group) is 1. The highest BCUT2D eigenvalue weighted by Gasteiger charge is 2.44. The maximum atomic E-state index is 12.8. The Bertz CT molecular complexity index is 936. The van der Waals surface area contributed by atoms with E-state index in [1.54, 1.807) is 45.2 Å². The number of carbonyl (C=O) groups excluding carboxylic acids is 4. The summed E-state index contributed by atoms with van der Waals surface area (Å²) >= 11 is 0. The van der Waals surface area contributed by atoms with Gasteiger partial charge in [0.25, 0.3) is 17.7 Å². The molecule has 1 aliphatic heterocycles. The van der Waals surface area contributed by atoms with E-state index in [-0.39, 0.29) is 23.0 Å². The molecule has 3 rings (SSSR count). The lowest BCUT2D eigenvalue weighted by molar-refractivity contribution is -0.156. The standard InChI is InChI=1S/C23H24N2O5/c1-15(2)20(25-21(27)17-11-7-8-12-18(17)22(25)28)23(29)30-14-19(26)24(3)13-16-9-5-4-6-10-16/h4-12,15,20H,13-14H2,1-3H3. The summed E-state index contributed by atoms with van der Waals surface area (Å²) in [7, 11) is 1.62. The van der Waals surface area contributed by atoms with Crippen molar-refractivity contribution >= 4 is 23.7 Å². The largest absolute Gasteiger partial charge is 0.454 e. The molecule has 1 atom stereocenters. The molecular weight excluding hydrogens is 384 g/mol. The van der Waals surface area contributed by atoms with Gasteiger partial charge in [0.1, 0.15) is 6.04 Å². The van der Waals surface area contributed by atoms with E-state index in [9.17, 15) is 19.2 Å². The van der Waals surface area contributed by atoms with Crippen molar-refractivity contribution in [2.24, 2.45) is 5.92 Å². The van der Waals surface area contributed by atoms with Gasteiger partial charge in [0.15, 0.2) is 6.61 Å². The summed E-state index contributed by atoms with van der Waals surface area (Å²) in [5, 5.41) is 0. The van der Waals surface area contributed by atoms with Crippen molar-refractivity contribution in [2.45, 2.75) is 26.4 Å². The molecule has 0 aliphatic carbocycles. The molecule has 2 aromatic rings. The number of amides is 3. The Morgan fingerprint density at radius 2 is 1.47 bits per heavy atom. The smallest absolute Gasteiger partial charge is 0.330 e. The fraction of sp³-hybridized carbons (Fsp3) is 0.304. The molecule has 0 saturated heterocycles. The van der Waals surface area contributed by atoms with Crippen LogP contribution in [0.4, 0.5) is 0 Å². The Hall–Kier alpha value is -3.48. The Morgan fingerprint density at radius 3 is 2.00 bits per heavy atom. The Balaban J connectivity index is 1.66. The number of nitrogens with zero attached hydrogens (tertiary/aromatic N) is 2. The number of rotatable bonds is 7. The van der Waals surface area contributed by atoms with Crippen LogP contribution in [0, 0.1) is 5.92 Å². The number of ether oxygens (including phenoxy) is 1. The van der Waals surface area contributed by atoms with Gasteiger partial charge in [0, 0.05) is 13.6 Å². The SMILES string of the molecule is CC(C)C(C(=O)OCC(=O)N(C)Cc1ccccc1)N1C(=O)c2ccccc2C1=O. The van der Waals surface area contributed by atoms with Crippen LogP contribution >= 0.6 is 0 Å². The van der Waals surface area contributed by atoms with Crippen LogP contribution in [-0.2, 0) is 20.9 Å². The summed E-state index contributed by atoms with van der Waals surface area (Å²) in [5.74, 6) is -2.59. The van der Waals surface area contributed by atoms with Gasteiger partial charge in [-0.25, -0.2) is 4.79 Å². The molecule has 3 amide bonds. The van der Waals surface area contributed by atoms with Crippen molar-refractivity contribution in [2.75, 3.05) is 13.7 Å². The summed E-state index contributed by atoms with van der Waals surface area (Å²) in [6, 6.07) is 14.8. The highest BCUT2D eigenvalue weighted by Crippen LogP contribution is 2.27. The molecule has 7 nitrogen and oxygen atoms in total. The zero-order chi connectivity index (χ0) is 21.8. The van der Waals surface area contributed by atoms with E-state index in [0.717, 1.165) is 10.5 Å². The lowest BCUT2D eigenvalue weighted by Gasteiger charge is -2.27. The van der Waals surface area contributed by atoms with Gasteiger partial charge in [-0.3, -0.25) is 19.3 Å². The second-order valence-electron chi connectivity index (χ2n) is 7.56. The highest BCUT2D eigenvalue weighted by molar-refractivity contribution is 6.22. The van der Waals surface area contributed by atoms with Crippen LogP contribution in [0.3, 0.4) is 0 Å². The van der Waals surface area contributed by atoms with Gasteiger partial charge in [0.05, 0.1) is 11.1 Å². The first-order valence-corrected chi connectivity index (χ1v) is 9.72. The molecule has 0 bridgehead atoms. The van der Waals surface area contributed by atoms with Gasteiger partial charge < -0.3 is 9.64 Å². The molecule has 30 heavy (non-hydrogen) atoms. The predicted molar refractivity (Wildman–Crippen MR) is 109 cm³/mol. The number of benzene rings is 2. The third kappa shape index (κ3) is 4.25. The van der Waals surface area contributed by atoms with E-state index in [4.69, 9.17) is 4.74 Å². The lowest BCUT2D eigenvalue weighted by Crippen LogP contribution is -2.49. The van der Waals surface area contributed by atoms with Crippen LogP contribution in [0.1, 0.15) is 40.1 Å². The van der Waals surface area contributed by atoms with E-state index >= 15 is 0 Å². The normalized spacial score (nSPS) is 13.9. The van der Waals surface area contributed by atoms with Crippen LogP contribution in [-0.4, -0.2) is 53.2 Å². The maximum Gasteiger partial charge on any atom is 0.330 e. The molecule has 1 aliphatic rings. The van der Waals surface area contributed by atoms with Gasteiger partial charge >= 0.3 is 5.97 Å². The van der Waals surface area contributed by atoms with Crippen molar-refractivity contribution in [3.63, 3.8) is 0 Å². The first-order chi connectivity index (χ1) is 14.3. The van der Waals surface area contributed by atoms with Crippen molar-refractivity contribution in [3.05, 3.63) is 71.3 Å². The van der Waals surface area contributed by atoms with Gasteiger partial charge in [-0.15, -0.1) is 0 Å². The maximum absolute atomic E-state index is 12.8. The molecule has 0 spiro atoms. The minimum atomic E-state index is -1.11. The fourth-order valence-electron chi connectivity index (χ4n) is 3.41. The van der Waals surface area contributed by atoms with E-state index in [1.807, 2.05) is 30.3 Å². The lowest BCUT2D eigenvalue weighted by atomic mass is 10.0. The Kier molecular flexibility index (Phi) is 6.30. The average molecular weight is 408 g/mol. The first-order valence-electron chi connectivity index (χ1n) is 9.72. The second-order valence-corrected chi connectivity index (χ2v) is 7.56. The molecule has 1 heterocycles. The minimum Gasteiger partial charge on any atom is -0.454 e. The number of esters is 1. The summed E-state index contributed by atoms with van der Waals surface area (Å²) in [6.07, 6.45) is 0. The summed E-state index contributed by atoms with van der Waals surface area (Å²) in [5.41, 5.74) is 1.48. The van der Waals surface area contributed by atoms with Crippen molar-refractivity contribution in [3.8, 4) is 0 Å². The van der Waals surface area contributed by atoms with Crippen molar-refractivity contribution in [1.82, 2.24) is 9.80 Å². The molecule has 0 aromatic heterocycles. The molecule has 0 N–H and O–H groups in total. The summed E-state index contributed by atoms with van der Waals surface area (Å²) in [6.45, 7) is 3.36. The minimum absolute atomic E-state index is 0.264. The Labute approximate surface area is 175 Å². The molecular formula is C23H24N2O5. The molecule has 0 saturated carbocycles. The molecule has 2 aromatic carbocycles. The number of hydrogen-bond donors (Lipinski definition) is 0. The predicted octanol–water partition coefficient (Wildman–Crippen LogP) is 2.51. The van der Waals surface area contributed by atoms with E-state index in [0.29, 0.717) is 6.54 Å². The van der Waals surface area contributed by atoms with Gasteiger partial charge in [-0.2, -0.15) is 0 Å². The molecule has 156 valence electrons. The van der Waals surface area contributed by atoms with Crippen LogP contribution < -0.4 is 0 Å². The third-order valence-electron chi connectivity index (χ3n) is 5.00. The molecule has 0 radical (unpaired) electrons. The Morgan fingerprint density at radius 1 is 0.933 bits per heavy atom.